The van der Waals surface area contributed by atoms with E-state index in [4.69, 9.17) is 0 Å². The van der Waals surface area contributed by atoms with Crippen LogP contribution in [0.15, 0.2) is 36.4 Å². The fourth-order valence-corrected chi connectivity index (χ4v) is 20.2. The molecule has 4 aromatic carbocycles. The maximum atomic E-state index is 15.2. The second kappa shape index (κ2) is 16.3. The van der Waals surface area contributed by atoms with Crippen molar-refractivity contribution < 1.29 is 56.2 Å². The molecule has 1 radical (unpaired) electrons. The largest absolute Gasteiger partial charge is 3.00 e. The third-order valence-corrected chi connectivity index (χ3v) is 21.6. The summed E-state index contributed by atoms with van der Waals surface area (Å²) in [5.74, 6) is 7.84. The van der Waals surface area contributed by atoms with E-state index in [1.165, 1.54) is 166 Å². The number of hydrogen-bond acceptors (Lipinski definition) is 3. The summed E-state index contributed by atoms with van der Waals surface area (Å²) in [6, 6.07) is 13.5. The third kappa shape index (κ3) is 7.41. The van der Waals surface area contributed by atoms with E-state index in [-0.39, 0.29) is 74.3 Å². The minimum absolute atomic E-state index is 0. The predicted octanol–water partition coefficient (Wildman–Crippen LogP) is 12.9. The van der Waals surface area contributed by atoms with Crippen molar-refractivity contribution >= 4 is 0 Å². The maximum absolute atomic E-state index is 15.2. The topological polar surface area (TPSA) is 69.2 Å². The van der Waals surface area contributed by atoms with E-state index in [1.54, 1.807) is 0 Å². The Balaban J connectivity index is 0.00000468. The van der Waals surface area contributed by atoms with Gasteiger partial charge in [-0.2, -0.15) is 0 Å². The van der Waals surface area contributed by atoms with Crippen LogP contribution in [0.3, 0.4) is 0 Å². The van der Waals surface area contributed by atoms with E-state index in [9.17, 15) is 0 Å². The van der Waals surface area contributed by atoms with Crippen LogP contribution < -0.4 is 15.3 Å². The monoisotopic (exact) mass is 1020 g/mol. The van der Waals surface area contributed by atoms with Crippen LogP contribution in [-0.2, 0) is 35.5 Å². The molecule has 0 amide bonds. The van der Waals surface area contributed by atoms with Crippen LogP contribution in [-0.4, -0.2) is 0 Å². The molecule has 0 spiro atoms. The molecule has 3 nitrogen and oxygen atoms in total. The molecule has 16 rings (SSSR count). The number of aryl methyl sites for hydroxylation is 3. The van der Waals surface area contributed by atoms with Crippen LogP contribution in [0.25, 0.3) is 0 Å². The Bertz CT molecular complexity index is 2270. The Morgan fingerprint density at radius 1 is 0.343 bits per heavy atom. The molecule has 0 N–H and O–H groups in total. The van der Waals surface area contributed by atoms with Gasteiger partial charge in [0.1, 0.15) is 0 Å². The summed E-state index contributed by atoms with van der Waals surface area (Å²) in [6.45, 7) is 13.5. The van der Waals surface area contributed by atoms with Crippen LogP contribution in [0, 0.1) is 136 Å². The van der Waals surface area contributed by atoms with Crippen molar-refractivity contribution in [3.63, 3.8) is 0 Å². The Morgan fingerprint density at radius 3 is 0.731 bits per heavy atom. The molecule has 12 saturated carbocycles. The van der Waals surface area contributed by atoms with Crippen LogP contribution >= 0.6 is 0 Å². The number of rotatable bonds is 9. The van der Waals surface area contributed by atoms with E-state index in [2.05, 4.69) is 77.9 Å². The molecule has 4 heteroatoms. The van der Waals surface area contributed by atoms with Crippen molar-refractivity contribution in [1.82, 2.24) is 0 Å². The number of hydrogen-bond donors (Lipinski definition) is 0. The second-order valence-corrected chi connectivity index (χ2v) is 26.3. The summed E-state index contributed by atoms with van der Waals surface area (Å²) in [4.78, 5) is 0. The summed E-state index contributed by atoms with van der Waals surface area (Å²) >= 11 is 0. The average Bonchev–Trinajstić information content (AvgIpc) is 3.24. The Morgan fingerprint density at radius 2 is 0.537 bits per heavy atom. The average molecular weight is 1020 g/mol. The van der Waals surface area contributed by atoms with Gasteiger partial charge in [0.15, 0.2) is 0 Å². The van der Waals surface area contributed by atoms with E-state index in [0.717, 1.165) is 86.6 Å². The first-order valence-corrected chi connectivity index (χ1v) is 27.2. The summed E-state index contributed by atoms with van der Waals surface area (Å²) in [5, 5.41) is 45.5. The SMILES string of the molecule is Cc1cc(Cc2c(C)c(Cc3cc(C)cc(C45CC6CC(CC(C6)C4)C5)c3[O-])c(C)c(Cc3cc(C)cc(C45CC6CC(CC(C6)C4)C5)c3[O-])c2C)c([O-])c(C23CC4CC(CC(C4)C2)C3)c1.[Nd+3]. The molecule has 12 bridgehead atoms. The molecule has 0 heterocycles. The molecular formula is C63H75NdO3. The molecule has 4 aromatic rings. The van der Waals surface area contributed by atoms with Crippen molar-refractivity contribution in [2.45, 2.75) is 193 Å². The van der Waals surface area contributed by atoms with Gasteiger partial charge in [-0.15, -0.1) is 17.2 Å². The first-order valence-electron chi connectivity index (χ1n) is 27.2. The van der Waals surface area contributed by atoms with Gasteiger partial charge in [-0.05, 0) is 296 Å². The van der Waals surface area contributed by atoms with Gasteiger partial charge >= 0.3 is 40.8 Å². The maximum Gasteiger partial charge on any atom is 3.00 e. The standard InChI is InChI=1S/C63H78O3.Nd/c1-34-7-49(58(64)55(10-34)61-25-40-13-41(26-61)15-42(14-40)27-61)22-52-37(4)53(23-50-8-35(2)11-56(59(50)65)62-28-43-16-44(29-62)18-45(17-43)30-62)39(6)54(38(52)5)24-51-9-36(3)12-57(60(51)66)63-31-46-19-47(32-63)21-48(20-46)33-63;/h7-12,40-48,64-66H,13-33H2,1-6H3;/q;+3/p-3. The summed E-state index contributed by atoms with van der Waals surface area (Å²) in [6.07, 6.45) is 24.7. The zero-order valence-electron chi connectivity index (χ0n) is 41.7. The first-order chi connectivity index (χ1) is 31.6. The quantitative estimate of drug-likeness (QED) is 0.168. The molecule has 67 heavy (non-hydrogen) atoms. The molecule has 12 aliphatic carbocycles. The minimum Gasteiger partial charge on any atom is -0.872 e. The second-order valence-electron chi connectivity index (χ2n) is 26.3. The van der Waals surface area contributed by atoms with Crippen molar-refractivity contribution in [3.8, 4) is 17.2 Å². The first kappa shape index (κ1) is 45.7. The zero-order valence-corrected chi connectivity index (χ0v) is 44.9. The Kier molecular flexibility index (Phi) is 11.2. The Hall–Kier alpha value is -2.37. The van der Waals surface area contributed by atoms with Crippen LogP contribution in [0.1, 0.15) is 199 Å². The molecule has 0 saturated heterocycles. The zero-order chi connectivity index (χ0) is 45.2. The van der Waals surface area contributed by atoms with Crippen molar-refractivity contribution in [1.29, 1.82) is 0 Å². The van der Waals surface area contributed by atoms with E-state index < -0.39 is 0 Å². The van der Waals surface area contributed by atoms with Crippen molar-refractivity contribution in [2.24, 2.45) is 53.3 Å². The minimum atomic E-state index is 0. The smallest absolute Gasteiger partial charge is 0.872 e. The molecule has 349 valence electrons. The fraction of sp³-hybridized carbons (Fsp3) is 0.619. The molecule has 12 aliphatic rings. The van der Waals surface area contributed by atoms with Crippen LogP contribution in [0.4, 0.5) is 0 Å². The van der Waals surface area contributed by atoms with Gasteiger partial charge in [0, 0.05) is 0 Å². The van der Waals surface area contributed by atoms with Crippen molar-refractivity contribution in [3.05, 3.63) is 120 Å². The van der Waals surface area contributed by atoms with Gasteiger partial charge in [-0.1, -0.05) is 69.8 Å². The molecule has 12 fully saturated rings. The molecular weight excluding hydrogens is 949 g/mol. The molecule has 0 unspecified atom stereocenters. The van der Waals surface area contributed by atoms with E-state index >= 15 is 15.3 Å². The van der Waals surface area contributed by atoms with Gasteiger partial charge in [-0.25, -0.2) is 0 Å². The van der Waals surface area contributed by atoms with Crippen LogP contribution in [0.2, 0.25) is 0 Å². The summed E-state index contributed by atoms with van der Waals surface area (Å²) in [5.41, 5.74) is 17.2. The fourth-order valence-electron chi connectivity index (χ4n) is 20.2. The Labute approximate surface area is 435 Å². The molecule has 0 atom stereocenters. The number of benzene rings is 4. The van der Waals surface area contributed by atoms with Gasteiger partial charge in [0.2, 0.25) is 0 Å². The normalized spacial score (nSPS) is 36.0. The predicted molar refractivity (Wildman–Crippen MR) is 260 cm³/mol. The van der Waals surface area contributed by atoms with Gasteiger partial charge in [-0.3, -0.25) is 0 Å². The van der Waals surface area contributed by atoms with E-state index in [0.29, 0.717) is 19.3 Å². The third-order valence-electron chi connectivity index (χ3n) is 21.6. The summed E-state index contributed by atoms with van der Waals surface area (Å²) < 4.78 is 0. The van der Waals surface area contributed by atoms with E-state index in [1.807, 2.05) is 0 Å². The molecule has 0 aromatic heterocycles. The van der Waals surface area contributed by atoms with Gasteiger partial charge in [0.05, 0.1) is 0 Å². The van der Waals surface area contributed by atoms with Crippen molar-refractivity contribution in [2.75, 3.05) is 0 Å². The van der Waals surface area contributed by atoms with Gasteiger partial charge in [0.25, 0.3) is 0 Å². The summed E-state index contributed by atoms with van der Waals surface area (Å²) in [7, 11) is 0. The van der Waals surface area contributed by atoms with Crippen LogP contribution in [0.5, 0.6) is 17.2 Å². The van der Waals surface area contributed by atoms with Gasteiger partial charge < -0.3 is 15.3 Å². The molecule has 0 aliphatic heterocycles.